The molecular formula is C7H6F3NOS. The second-order valence-electron chi connectivity index (χ2n) is 2.29. The highest BCUT2D eigenvalue weighted by atomic mass is 32.2. The van der Waals surface area contributed by atoms with E-state index in [1.165, 1.54) is 12.1 Å². The zero-order valence-electron chi connectivity index (χ0n) is 6.34. The first-order valence-corrected chi connectivity index (χ1v) is 4.46. The first-order valence-electron chi connectivity index (χ1n) is 3.25. The molecule has 6 heteroatoms. The van der Waals surface area contributed by atoms with Gasteiger partial charge in [0.05, 0.1) is 10.5 Å². The predicted molar refractivity (Wildman–Crippen MR) is 42.0 cm³/mol. The Labute approximate surface area is 75.1 Å². The first kappa shape index (κ1) is 10.2. The molecule has 1 atom stereocenters. The molecule has 0 spiro atoms. The highest BCUT2D eigenvalue weighted by Gasteiger charge is 2.33. The fourth-order valence-electron chi connectivity index (χ4n) is 0.876. The average Bonchev–Trinajstić information content (AvgIpc) is 2.03. The van der Waals surface area contributed by atoms with Crippen molar-refractivity contribution in [3.05, 3.63) is 29.8 Å². The zero-order chi connectivity index (χ0) is 10.1. The highest BCUT2D eigenvalue weighted by Crippen LogP contribution is 2.32. The van der Waals surface area contributed by atoms with Crippen LogP contribution in [0.15, 0.2) is 29.2 Å². The van der Waals surface area contributed by atoms with Gasteiger partial charge in [0, 0.05) is 0 Å². The molecule has 13 heavy (non-hydrogen) atoms. The maximum atomic E-state index is 12.2. The molecule has 0 saturated heterocycles. The van der Waals surface area contributed by atoms with Crippen molar-refractivity contribution in [2.75, 3.05) is 0 Å². The van der Waals surface area contributed by atoms with Crippen LogP contribution in [0.3, 0.4) is 0 Å². The van der Waals surface area contributed by atoms with Crippen molar-refractivity contribution in [2.24, 2.45) is 5.14 Å². The highest BCUT2D eigenvalue weighted by molar-refractivity contribution is 7.82. The lowest BCUT2D eigenvalue weighted by Gasteiger charge is -2.09. The van der Waals surface area contributed by atoms with E-state index in [1.54, 1.807) is 0 Å². The van der Waals surface area contributed by atoms with Gasteiger partial charge < -0.3 is 0 Å². The average molecular weight is 209 g/mol. The summed E-state index contributed by atoms with van der Waals surface area (Å²) in [4.78, 5) is -0.394. The molecule has 0 amide bonds. The summed E-state index contributed by atoms with van der Waals surface area (Å²) >= 11 is 0. The Morgan fingerprint density at radius 1 is 1.23 bits per heavy atom. The molecule has 2 N–H and O–H groups in total. The molecule has 1 rings (SSSR count). The van der Waals surface area contributed by atoms with Crippen LogP contribution in [0, 0.1) is 0 Å². The molecule has 1 aromatic rings. The third-order valence-corrected chi connectivity index (χ3v) is 2.20. The normalized spacial score (nSPS) is 14.2. The number of benzene rings is 1. The van der Waals surface area contributed by atoms with Gasteiger partial charge >= 0.3 is 6.18 Å². The molecule has 0 aromatic heterocycles. The van der Waals surface area contributed by atoms with Crippen molar-refractivity contribution in [1.29, 1.82) is 0 Å². The molecule has 1 aromatic carbocycles. The molecule has 0 saturated carbocycles. The Kier molecular flexibility index (Phi) is 2.72. The van der Waals surface area contributed by atoms with Crippen molar-refractivity contribution in [3.63, 3.8) is 0 Å². The number of halogens is 3. The van der Waals surface area contributed by atoms with E-state index in [1.807, 2.05) is 0 Å². The molecule has 0 fully saturated rings. The summed E-state index contributed by atoms with van der Waals surface area (Å²) in [5, 5.41) is 4.88. The molecule has 0 aliphatic carbocycles. The summed E-state index contributed by atoms with van der Waals surface area (Å²) in [7, 11) is -2.11. The van der Waals surface area contributed by atoms with Gasteiger partial charge in [-0.15, -0.1) is 0 Å². The lowest BCUT2D eigenvalue weighted by atomic mass is 10.2. The number of hydrogen-bond donors (Lipinski definition) is 1. The van der Waals surface area contributed by atoms with Gasteiger partial charge in [0.25, 0.3) is 0 Å². The molecule has 0 unspecified atom stereocenters. The quantitative estimate of drug-likeness (QED) is 0.751. The lowest BCUT2D eigenvalue weighted by molar-refractivity contribution is -0.139. The Morgan fingerprint density at radius 3 is 2.15 bits per heavy atom. The third-order valence-electron chi connectivity index (χ3n) is 1.41. The first-order chi connectivity index (χ1) is 5.93. The van der Waals surface area contributed by atoms with E-state index in [0.717, 1.165) is 12.1 Å². The van der Waals surface area contributed by atoms with Crippen LogP contribution < -0.4 is 5.14 Å². The summed E-state index contributed by atoms with van der Waals surface area (Å²) in [5.41, 5.74) is -0.948. The second kappa shape index (κ2) is 3.47. The van der Waals surface area contributed by atoms with Gasteiger partial charge in [0.2, 0.25) is 0 Å². The number of hydrogen-bond acceptors (Lipinski definition) is 1. The molecular weight excluding hydrogens is 203 g/mol. The van der Waals surface area contributed by atoms with Gasteiger partial charge in [0.1, 0.15) is 11.0 Å². The van der Waals surface area contributed by atoms with E-state index in [9.17, 15) is 17.4 Å². The minimum atomic E-state index is -4.51. The van der Waals surface area contributed by atoms with Crippen LogP contribution in [-0.4, -0.2) is 4.21 Å². The van der Waals surface area contributed by atoms with Crippen LogP contribution in [-0.2, 0) is 17.2 Å². The minimum Gasteiger partial charge on any atom is -0.248 e. The lowest BCUT2D eigenvalue weighted by Crippen LogP contribution is -2.13. The van der Waals surface area contributed by atoms with Crippen LogP contribution in [0.5, 0.6) is 0 Å². The van der Waals surface area contributed by atoms with Gasteiger partial charge in [-0.25, -0.2) is 9.35 Å². The van der Waals surface area contributed by atoms with Gasteiger partial charge in [-0.2, -0.15) is 13.2 Å². The smallest absolute Gasteiger partial charge is 0.248 e. The maximum Gasteiger partial charge on any atom is 0.417 e. The predicted octanol–water partition coefficient (Wildman–Crippen LogP) is 1.69. The van der Waals surface area contributed by atoms with Crippen molar-refractivity contribution in [1.82, 2.24) is 0 Å². The maximum absolute atomic E-state index is 12.2. The van der Waals surface area contributed by atoms with Gasteiger partial charge in [-0.1, -0.05) is 12.1 Å². The topological polar surface area (TPSA) is 43.1 Å². The third kappa shape index (κ3) is 2.28. The Morgan fingerprint density at radius 2 is 1.77 bits per heavy atom. The molecule has 72 valence electrons. The van der Waals surface area contributed by atoms with Crippen LogP contribution in [0.1, 0.15) is 5.56 Å². The van der Waals surface area contributed by atoms with E-state index in [4.69, 9.17) is 5.14 Å². The van der Waals surface area contributed by atoms with Crippen LogP contribution in [0.4, 0.5) is 13.2 Å². The number of rotatable bonds is 1. The van der Waals surface area contributed by atoms with E-state index in [0.29, 0.717) is 0 Å². The molecule has 0 bridgehead atoms. The van der Waals surface area contributed by atoms with Gasteiger partial charge in [-0.05, 0) is 12.1 Å². The summed E-state index contributed by atoms with van der Waals surface area (Å²) in [6.07, 6.45) is -4.51. The van der Waals surface area contributed by atoms with Gasteiger partial charge in [-0.3, -0.25) is 0 Å². The fraction of sp³-hybridized carbons (Fsp3) is 0.143. The Bertz CT molecular complexity index is 337. The van der Waals surface area contributed by atoms with Crippen molar-refractivity contribution in [2.45, 2.75) is 11.1 Å². The largest absolute Gasteiger partial charge is 0.417 e. The van der Waals surface area contributed by atoms with Crippen LogP contribution in [0.25, 0.3) is 0 Å². The summed E-state index contributed by atoms with van der Waals surface area (Å²) < 4.78 is 47.4. The molecule has 0 aliphatic heterocycles. The monoisotopic (exact) mass is 209 g/mol. The SMILES string of the molecule is N[S@](=O)c1ccccc1C(F)(F)F. The summed E-state index contributed by atoms with van der Waals surface area (Å²) in [6.45, 7) is 0. The molecule has 2 nitrogen and oxygen atoms in total. The molecule has 0 radical (unpaired) electrons. The van der Waals surface area contributed by atoms with Crippen molar-refractivity contribution < 1.29 is 17.4 Å². The summed E-state index contributed by atoms with van der Waals surface area (Å²) in [5.74, 6) is 0. The zero-order valence-corrected chi connectivity index (χ0v) is 7.15. The van der Waals surface area contributed by atoms with Crippen molar-refractivity contribution >= 4 is 11.0 Å². The molecule has 0 aliphatic rings. The van der Waals surface area contributed by atoms with Crippen molar-refractivity contribution in [3.8, 4) is 0 Å². The van der Waals surface area contributed by atoms with Crippen LogP contribution >= 0.6 is 0 Å². The number of alkyl halides is 3. The Hall–Kier alpha value is -0.880. The second-order valence-corrected chi connectivity index (χ2v) is 3.33. The van der Waals surface area contributed by atoms with E-state index >= 15 is 0 Å². The van der Waals surface area contributed by atoms with E-state index in [2.05, 4.69) is 0 Å². The van der Waals surface area contributed by atoms with E-state index in [-0.39, 0.29) is 0 Å². The Balaban J connectivity index is 3.28. The standard InChI is InChI=1S/C7H6F3NOS/c8-7(9,10)5-3-1-2-4-6(5)13(11)12/h1-4H,11H2/t13-/m1/s1. The number of nitrogens with two attached hydrogens (primary N) is 1. The van der Waals surface area contributed by atoms with E-state index < -0.39 is 27.6 Å². The fourth-order valence-corrected chi connectivity index (χ4v) is 1.49. The minimum absolute atomic E-state index is 0.394. The van der Waals surface area contributed by atoms with Crippen LogP contribution in [0.2, 0.25) is 0 Å². The summed E-state index contributed by atoms with van der Waals surface area (Å²) in [6, 6.07) is 4.52. The molecule has 0 heterocycles. The van der Waals surface area contributed by atoms with Gasteiger partial charge in [0.15, 0.2) is 0 Å².